The number of urea groups is 1. The van der Waals surface area contributed by atoms with Gasteiger partial charge in [0.1, 0.15) is 18.4 Å². The average Bonchev–Trinajstić information content (AvgIpc) is 2.67. The topological polar surface area (TPSA) is 79.5 Å². The van der Waals surface area contributed by atoms with E-state index in [2.05, 4.69) is 16.0 Å². The number of ether oxygens (including phenoxy) is 1. The van der Waals surface area contributed by atoms with Crippen molar-refractivity contribution in [3.63, 3.8) is 0 Å². The van der Waals surface area contributed by atoms with Crippen LogP contribution in [0.25, 0.3) is 0 Å². The summed E-state index contributed by atoms with van der Waals surface area (Å²) in [7, 11) is 0. The number of amides is 3. The van der Waals surface area contributed by atoms with Gasteiger partial charge < -0.3 is 15.4 Å². The predicted molar refractivity (Wildman–Crippen MR) is 103 cm³/mol. The molecule has 0 heterocycles. The van der Waals surface area contributed by atoms with Crippen molar-refractivity contribution in [2.24, 2.45) is 0 Å². The number of halogens is 2. The number of hydrogen-bond acceptors (Lipinski definition) is 4. The molecule has 0 saturated carbocycles. The highest BCUT2D eigenvalue weighted by Crippen LogP contribution is 2.23. The standard InChI is InChI=1S/C20H23F2N3O3/c1-13-8-9-16(10-17(13)28-12-18(21)22)24-14(2)19(26)25-20(27)23-11-15-6-4-3-5-7-15/h3-10,14,18,24H,11-12H2,1-2H3,(H2,23,25,26,27). The number of benzene rings is 2. The third-order valence-corrected chi connectivity index (χ3v) is 3.86. The molecule has 0 aromatic heterocycles. The zero-order chi connectivity index (χ0) is 20.5. The van der Waals surface area contributed by atoms with Crippen molar-refractivity contribution in [1.29, 1.82) is 0 Å². The molecule has 6 nitrogen and oxygen atoms in total. The van der Waals surface area contributed by atoms with Gasteiger partial charge in [-0.05, 0) is 31.0 Å². The van der Waals surface area contributed by atoms with Gasteiger partial charge in [-0.3, -0.25) is 10.1 Å². The molecule has 0 bridgehead atoms. The molecule has 3 amide bonds. The van der Waals surface area contributed by atoms with Crippen molar-refractivity contribution in [3.05, 3.63) is 59.7 Å². The lowest BCUT2D eigenvalue weighted by molar-refractivity contribution is -0.120. The van der Waals surface area contributed by atoms with E-state index in [1.807, 2.05) is 30.3 Å². The van der Waals surface area contributed by atoms with E-state index in [0.29, 0.717) is 23.5 Å². The van der Waals surface area contributed by atoms with Gasteiger partial charge in [-0.1, -0.05) is 36.4 Å². The van der Waals surface area contributed by atoms with Gasteiger partial charge in [0.05, 0.1) is 0 Å². The van der Waals surface area contributed by atoms with Crippen molar-refractivity contribution in [3.8, 4) is 5.75 Å². The molecule has 0 aliphatic heterocycles. The average molecular weight is 391 g/mol. The van der Waals surface area contributed by atoms with Crippen molar-refractivity contribution >= 4 is 17.6 Å². The smallest absolute Gasteiger partial charge is 0.321 e. The van der Waals surface area contributed by atoms with E-state index < -0.39 is 31.0 Å². The lowest BCUT2D eigenvalue weighted by Gasteiger charge is -2.17. The van der Waals surface area contributed by atoms with Crippen LogP contribution in [0.2, 0.25) is 0 Å². The Kier molecular flexibility index (Phi) is 7.74. The molecule has 2 rings (SSSR count). The van der Waals surface area contributed by atoms with Crippen LogP contribution in [0.4, 0.5) is 19.3 Å². The first kappa shape index (κ1) is 21.1. The highest BCUT2D eigenvalue weighted by Gasteiger charge is 2.16. The van der Waals surface area contributed by atoms with Gasteiger partial charge in [-0.15, -0.1) is 0 Å². The van der Waals surface area contributed by atoms with E-state index in [1.165, 1.54) is 6.07 Å². The number of carbonyl (C=O) groups excluding carboxylic acids is 2. The minimum absolute atomic E-state index is 0.296. The van der Waals surface area contributed by atoms with E-state index in [9.17, 15) is 18.4 Å². The van der Waals surface area contributed by atoms with Crippen LogP contribution in [0.1, 0.15) is 18.1 Å². The Balaban J connectivity index is 1.85. The van der Waals surface area contributed by atoms with Crippen molar-refractivity contribution in [2.45, 2.75) is 32.9 Å². The molecule has 0 aliphatic rings. The number of rotatable bonds is 8. The Morgan fingerprint density at radius 1 is 1.11 bits per heavy atom. The van der Waals surface area contributed by atoms with Gasteiger partial charge >= 0.3 is 6.03 Å². The highest BCUT2D eigenvalue weighted by atomic mass is 19.3. The second-order valence-electron chi connectivity index (χ2n) is 6.21. The maximum atomic E-state index is 12.3. The number of hydrogen-bond donors (Lipinski definition) is 3. The maximum Gasteiger partial charge on any atom is 0.321 e. The molecule has 1 atom stereocenters. The Hall–Kier alpha value is -3.16. The second-order valence-corrected chi connectivity index (χ2v) is 6.21. The minimum atomic E-state index is -2.57. The number of imide groups is 1. The summed E-state index contributed by atoms with van der Waals surface area (Å²) in [6.45, 7) is 2.91. The molecule has 0 spiro atoms. The summed E-state index contributed by atoms with van der Waals surface area (Å²) in [4.78, 5) is 24.0. The summed E-state index contributed by atoms with van der Waals surface area (Å²) >= 11 is 0. The first-order chi connectivity index (χ1) is 13.3. The zero-order valence-electron chi connectivity index (χ0n) is 15.7. The molecule has 2 aromatic carbocycles. The van der Waals surface area contributed by atoms with Crippen LogP contribution in [0.3, 0.4) is 0 Å². The van der Waals surface area contributed by atoms with Crippen LogP contribution >= 0.6 is 0 Å². The molecule has 3 N–H and O–H groups in total. The molecule has 1 unspecified atom stereocenters. The van der Waals surface area contributed by atoms with Crippen LogP contribution in [0, 0.1) is 6.92 Å². The van der Waals surface area contributed by atoms with Crippen LogP contribution in [0.5, 0.6) is 5.75 Å². The van der Waals surface area contributed by atoms with Gasteiger partial charge in [-0.2, -0.15) is 0 Å². The van der Waals surface area contributed by atoms with E-state index in [1.54, 1.807) is 26.0 Å². The fraction of sp³-hybridized carbons (Fsp3) is 0.300. The summed E-state index contributed by atoms with van der Waals surface area (Å²) in [6, 6.07) is 12.9. The van der Waals surface area contributed by atoms with Crippen molar-refractivity contribution < 1.29 is 23.1 Å². The minimum Gasteiger partial charge on any atom is -0.487 e. The first-order valence-corrected chi connectivity index (χ1v) is 8.76. The number of nitrogens with one attached hydrogen (secondary N) is 3. The Morgan fingerprint density at radius 3 is 2.50 bits per heavy atom. The molecule has 2 aromatic rings. The van der Waals surface area contributed by atoms with E-state index >= 15 is 0 Å². The van der Waals surface area contributed by atoms with E-state index in [4.69, 9.17) is 4.74 Å². The number of anilines is 1. The third-order valence-electron chi connectivity index (χ3n) is 3.86. The summed E-state index contributed by atoms with van der Waals surface area (Å²) < 4.78 is 29.7. The van der Waals surface area contributed by atoms with Gasteiger partial charge in [0.2, 0.25) is 5.91 Å². The molecule has 0 fully saturated rings. The fourth-order valence-electron chi connectivity index (χ4n) is 2.36. The van der Waals surface area contributed by atoms with E-state index in [0.717, 1.165) is 5.56 Å². The first-order valence-electron chi connectivity index (χ1n) is 8.76. The number of carbonyl (C=O) groups is 2. The monoisotopic (exact) mass is 391 g/mol. The SMILES string of the molecule is Cc1ccc(NC(C)C(=O)NC(=O)NCc2ccccc2)cc1OCC(F)F. The predicted octanol–water partition coefficient (Wildman–Crippen LogP) is 3.47. The molecule has 8 heteroatoms. The summed E-state index contributed by atoms with van der Waals surface area (Å²) in [5.74, 6) is -0.223. The van der Waals surface area contributed by atoms with Gasteiger partial charge in [0.15, 0.2) is 0 Å². The molecular formula is C20H23F2N3O3. The molecule has 0 aliphatic carbocycles. The number of aryl methyl sites for hydroxylation is 1. The fourth-order valence-corrected chi connectivity index (χ4v) is 2.36. The molecule has 28 heavy (non-hydrogen) atoms. The highest BCUT2D eigenvalue weighted by molar-refractivity contribution is 5.97. The molecular weight excluding hydrogens is 368 g/mol. The van der Waals surface area contributed by atoms with Gasteiger partial charge in [0, 0.05) is 18.3 Å². The molecule has 150 valence electrons. The summed E-state index contributed by atoms with van der Waals surface area (Å²) in [6.07, 6.45) is -2.57. The Bertz CT molecular complexity index is 801. The normalized spacial score (nSPS) is 11.6. The van der Waals surface area contributed by atoms with E-state index in [-0.39, 0.29) is 0 Å². The maximum absolute atomic E-state index is 12.3. The van der Waals surface area contributed by atoms with Crippen LogP contribution in [0.15, 0.2) is 48.5 Å². The van der Waals surface area contributed by atoms with Gasteiger partial charge in [0.25, 0.3) is 6.43 Å². The summed E-state index contributed by atoms with van der Waals surface area (Å²) in [5.41, 5.74) is 2.12. The lowest BCUT2D eigenvalue weighted by atomic mass is 10.2. The third kappa shape index (κ3) is 6.86. The molecule has 0 saturated heterocycles. The lowest BCUT2D eigenvalue weighted by Crippen LogP contribution is -2.45. The zero-order valence-corrected chi connectivity index (χ0v) is 15.7. The molecule has 0 radical (unpaired) electrons. The second kappa shape index (κ2) is 10.2. The largest absolute Gasteiger partial charge is 0.487 e. The number of alkyl halides is 2. The van der Waals surface area contributed by atoms with Crippen molar-refractivity contribution in [1.82, 2.24) is 10.6 Å². The van der Waals surface area contributed by atoms with Crippen LogP contribution in [-0.4, -0.2) is 31.0 Å². The quantitative estimate of drug-likeness (QED) is 0.644. The van der Waals surface area contributed by atoms with Crippen molar-refractivity contribution in [2.75, 3.05) is 11.9 Å². The van der Waals surface area contributed by atoms with Gasteiger partial charge in [-0.25, -0.2) is 13.6 Å². The van der Waals surface area contributed by atoms with Crippen LogP contribution < -0.4 is 20.7 Å². The Labute approximate surface area is 162 Å². The Morgan fingerprint density at radius 2 is 1.82 bits per heavy atom. The summed E-state index contributed by atoms with van der Waals surface area (Å²) in [5, 5.41) is 7.77. The van der Waals surface area contributed by atoms with Crippen LogP contribution in [-0.2, 0) is 11.3 Å².